The molecule has 130 valence electrons. The SMILES string of the molecule is CN1CCC(O)(CNS(=O)(=O)c2cn(C)nc2C2CCCC2)C1. The van der Waals surface area contributed by atoms with Gasteiger partial charge in [-0.3, -0.25) is 4.68 Å². The topological polar surface area (TPSA) is 87.5 Å². The highest BCUT2D eigenvalue weighted by molar-refractivity contribution is 7.89. The molecule has 3 rings (SSSR count). The van der Waals surface area contributed by atoms with Crippen LogP contribution in [0.25, 0.3) is 0 Å². The first-order valence-corrected chi connectivity index (χ1v) is 9.72. The molecule has 1 aromatic heterocycles. The van der Waals surface area contributed by atoms with E-state index < -0.39 is 15.6 Å². The monoisotopic (exact) mass is 342 g/mol. The van der Waals surface area contributed by atoms with Gasteiger partial charge in [0.15, 0.2) is 0 Å². The molecule has 7 nitrogen and oxygen atoms in total. The Morgan fingerprint density at radius 3 is 2.70 bits per heavy atom. The van der Waals surface area contributed by atoms with Crippen LogP contribution in [0.4, 0.5) is 0 Å². The summed E-state index contributed by atoms with van der Waals surface area (Å²) in [7, 11) is 0.00691. The van der Waals surface area contributed by atoms with Crippen molar-refractivity contribution in [2.75, 3.05) is 26.7 Å². The van der Waals surface area contributed by atoms with Crippen molar-refractivity contribution in [3.8, 4) is 0 Å². The van der Waals surface area contributed by atoms with Gasteiger partial charge in [-0.15, -0.1) is 0 Å². The highest BCUT2D eigenvalue weighted by Crippen LogP contribution is 2.36. The van der Waals surface area contributed by atoms with E-state index in [-0.39, 0.29) is 17.4 Å². The minimum absolute atomic E-state index is 0.0404. The summed E-state index contributed by atoms with van der Waals surface area (Å²) < 4.78 is 29.6. The first-order chi connectivity index (χ1) is 10.8. The Morgan fingerprint density at radius 1 is 1.39 bits per heavy atom. The van der Waals surface area contributed by atoms with Gasteiger partial charge in [0.05, 0.1) is 11.3 Å². The Bertz CT molecular complexity index is 666. The zero-order valence-electron chi connectivity index (χ0n) is 13.8. The molecule has 1 aliphatic heterocycles. The third kappa shape index (κ3) is 3.60. The van der Waals surface area contributed by atoms with E-state index in [2.05, 4.69) is 9.82 Å². The lowest BCUT2D eigenvalue weighted by Gasteiger charge is -2.22. The Hall–Kier alpha value is -0.960. The lowest BCUT2D eigenvalue weighted by atomic mass is 10.0. The van der Waals surface area contributed by atoms with Crippen molar-refractivity contribution in [1.29, 1.82) is 0 Å². The van der Waals surface area contributed by atoms with Crippen LogP contribution < -0.4 is 4.72 Å². The minimum Gasteiger partial charge on any atom is -0.387 e. The maximum absolute atomic E-state index is 12.7. The molecule has 8 heteroatoms. The predicted octanol–water partition coefficient (Wildman–Crippen LogP) is 0.423. The van der Waals surface area contributed by atoms with E-state index in [0.717, 1.165) is 32.2 Å². The molecule has 2 heterocycles. The zero-order valence-corrected chi connectivity index (χ0v) is 14.6. The van der Waals surface area contributed by atoms with Gasteiger partial charge >= 0.3 is 0 Å². The minimum atomic E-state index is -3.66. The highest BCUT2D eigenvalue weighted by Gasteiger charge is 2.36. The van der Waals surface area contributed by atoms with E-state index in [4.69, 9.17) is 0 Å². The molecule has 1 atom stereocenters. The smallest absolute Gasteiger partial charge is 0.244 e. The molecule has 2 N–H and O–H groups in total. The van der Waals surface area contributed by atoms with Gasteiger partial charge in [0.2, 0.25) is 10.0 Å². The van der Waals surface area contributed by atoms with Crippen LogP contribution in [0.5, 0.6) is 0 Å². The summed E-state index contributed by atoms with van der Waals surface area (Å²) in [5.74, 6) is 0.225. The third-order valence-electron chi connectivity index (χ3n) is 4.97. The number of nitrogens with zero attached hydrogens (tertiary/aromatic N) is 3. The van der Waals surface area contributed by atoms with E-state index in [0.29, 0.717) is 18.7 Å². The molecule has 2 aliphatic rings. The molecular weight excluding hydrogens is 316 g/mol. The number of likely N-dealkylation sites (N-methyl/N-ethyl adjacent to an activating group) is 1. The third-order valence-corrected chi connectivity index (χ3v) is 6.39. The standard InChI is InChI=1S/C15H26N4O3S/c1-18-8-7-15(20,11-18)10-16-23(21,22)13-9-19(2)17-14(13)12-5-3-4-6-12/h9,12,16,20H,3-8,10-11H2,1-2H3. The van der Waals surface area contributed by atoms with Gasteiger partial charge in [-0.2, -0.15) is 5.10 Å². The van der Waals surface area contributed by atoms with Crippen LogP contribution in [0.1, 0.15) is 43.7 Å². The summed E-state index contributed by atoms with van der Waals surface area (Å²) in [6, 6.07) is 0. The molecule has 0 amide bonds. The number of β-amino-alcohol motifs (C(OH)–C–C–N with tert-alkyl or cyclic N) is 1. The van der Waals surface area contributed by atoms with Crippen molar-refractivity contribution < 1.29 is 13.5 Å². The molecular formula is C15H26N4O3S. The first kappa shape index (κ1) is 16.9. The summed E-state index contributed by atoms with van der Waals surface area (Å²) in [5.41, 5.74) is -0.314. The van der Waals surface area contributed by atoms with Crippen LogP contribution >= 0.6 is 0 Å². The number of rotatable bonds is 5. The summed E-state index contributed by atoms with van der Waals surface area (Å²) in [4.78, 5) is 2.27. The molecule has 0 aromatic carbocycles. The first-order valence-electron chi connectivity index (χ1n) is 8.23. The molecule has 1 aliphatic carbocycles. The number of nitrogens with one attached hydrogen (secondary N) is 1. The fourth-order valence-corrected chi connectivity index (χ4v) is 5.07. The number of aryl methyl sites for hydroxylation is 1. The van der Waals surface area contributed by atoms with Crippen molar-refractivity contribution in [2.24, 2.45) is 7.05 Å². The van der Waals surface area contributed by atoms with Gasteiger partial charge in [0.1, 0.15) is 4.90 Å². The molecule has 0 spiro atoms. The normalized spacial score (nSPS) is 27.1. The number of hydrogen-bond donors (Lipinski definition) is 2. The van der Waals surface area contributed by atoms with Crippen molar-refractivity contribution in [3.63, 3.8) is 0 Å². The Balaban J connectivity index is 1.77. The van der Waals surface area contributed by atoms with Gasteiger partial charge in [-0.25, -0.2) is 13.1 Å². The van der Waals surface area contributed by atoms with Crippen molar-refractivity contribution in [2.45, 2.75) is 48.5 Å². The van der Waals surface area contributed by atoms with E-state index >= 15 is 0 Å². The second-order valence-corrected chi connectivity index (χ2v) is 8.81. The lowest BCUT2D eigenvalue weighted by molar-refractivity contribution is 0.0572. The van der Waals surface area contributed by atoms with Gasteiger partial charge in [-0.1, -0.05) is 12.8 Å². The average molecular weight is 342 g/mol. The largest absolute Gasteiger partial charge is 0.387 e. The fourth-order valence-electron chi connectivity index (χ4n) is 3.68. The molecule has 1 saturated heterocycles. The lowest BCUT2D eigenvalue weighted by Crippen LogP contribution is -2.44. The molecule has 23 heavy (non-hydrogen) atoms. The van der Waals surface area contributed by atoms with E-state index in [1.54, 1.807) is 17.9 Å². The maximum atomic E-state index is 12.7. The number of sulfonamides is 1. The van der Waals surface area contributed by atoms with Gasteiger partial charge in [-0.05, 0) is 26.3 Å². The summed E-state index contributed by atoms with van der Waals surface area (Å²) in [6.45, 7) is 1.30. The van der Waals surface area contributed by atoms with Gasteiger partial charge < -0.3 is 10.0 Å². The Kier molecular flexibility index (Phi) is 4.52. The molecule has 0 bridgehead atoms. The average Bonchev–Trinajstić information content (AvgIpc) is 3.18. The second-order valence-electron chi connectivity index (χ2n) is 7.07. The molecule has 2 fully saturated rings. The predicted molar refractivity (Wildman–Crippen MR) is 86.7 cm³/mol. The zero-order chi connectivity index (χ0) is 16.7. The van der Waals surface area contributed by atoms with E-state index in [1.807, 2.05) is 11.9 Å². The number of aromatic nitrogens is 2. The molecule has 1 unspecified atom stereocenters. The van der Waals surface area contributed by atoms with Crippen LogP contribution in [0.15, 0.2) is 11.1 Å². The summed E-state index contributed by atoms with van der Waals surface area (Å²) >= 11 is 0. The number of aliphatic hydroxyl groups is 1. The van der Waals surface area contributed by atoms with Crippen LogP contribution in [-0.4, -0.2) is 60.5 Å². The highest BCUT2D eigenvalue weighted by atomic mass is 32.2. The van der Waals surface area contributed by atoms with Gasteiger partial charge in [0.25, 0.3) is 0 Å². The van der Waals surface area contributed by atoms with Crippen molar-refractivity contribution in [3.05, 3.63) is 11.9 Å². The van der Waals surface area contributed by atoms with Crippen LogP contribution in [0.2, 0.25) is 0 Å². The Morgan fingerprint density at radius 2 is 2.09 bits per heavy atom. The van der Waals surface area contributed by atoms with Gasteiger partial charge in [0, 0.05) is 38.8 Å². The molecule has 1 aromatic rings. The summed E-state index contributed by atoms with van der Waals surface area (Å²) in [6.07, 6.45) is 6.39. The quantitative estimate of drug-likeness (QED) is 0.810. The van der Waals surface area contributed by atoms with Crippen LogP contribution in [0.3, 0.4) is 0 Å². The van der Waals surface area contributed by atoms with Crippen LogP contribution in [0, 0.1) is 0 Å². The van der Waals surface area contributed by atoms with Crippen molar-refractivity contribution in [1.82, 2.24) is 19.4 Å². The fraction of sp³-hybridized carbons (Fsp3) is 0.800. The number of hydrogen-bond acceptors (Lipinski definition) is 5. The maximum Gasteiger partial charge on any atom is 0.244 e. The number of likely N-dealkylation sites (tertiary alicyclic amines) is 1. The van der Waals surface area contributed by atoms with E-state index in [9.17, 15) is 13.5 Å². The van der Waals surface area contributed by atoms with Crippen molar-refractivity contribution >= 4 is 10.0 Å². The van der Waals surface area contributed by atoms with Crippen LogP contribution in [-0.2, 0) is 17.1 Å². The second kappa shape index (κ2) is 6.16. The molecule has 1 saturated carbocycles. The molecule has 0 radical (unpaired) electrons. The van der Waals surface area contributed by atoms with E-state index in [1.165, 1.54) is 0 Å². The summed E-state index contributed by atoms with van der Waals surface area (Å²) in [5, 5.41) is 14.9. The Labute approximate surface area is 137 Å².